The molecule has 1 atom stereocenters. The molecule has 1 aliphatic heterocycles. The molecule has 0 spiro atoms. The van der Waals surface area contributed by atoms with Crippen molar-refractivity contribution in [1.82, 2.24) is 0 Å². The van der Waals surface area contributed by atoms with Gasteiger partial charge in [0.15, 0.2) is 0 Å². The molecule has 1 aromatic heterocycles. The first-order valence-corrected chi connectivity index (χ1v) is 6.39. The molecule has 1 saturated heterocycles. The molecule has 0 saturated carbocycles. The summed E-state index contributed by atoms with van der Waals surface area (Å²) in [4.78, 5) is -0.673. The second-order valence-corrected chi connectivity index (χ2v) is 5.98. The topological polar surface area (TPSA) is 18.5 Å². The summed E-state index contributed by atoms with van der Waals surface area (Å²) in [6.07, 6.45) is -3.52. The van der Waals surface area contributed by atoms with Gasteiger partial charge in [-0.25, -0.2) is 0 Å². The SMILES string of the molecule is [2H]c1sc(C([2H])(C([2H])([2H])[2H])C([2H])([2H])C([2H])([2H])[2H])c([2H])c1B1OC(C)(C)C(C)(C)O1. The normalized spacial score (nSPS) is 36.2. The van der Waals surface area contributed by atoms with Gasteiger partial charge < -0.3 is 9.31 Å². The Bertz CT molecular complexity index is 783. The van der Waals surface area contributed by atoms with Crippen molar-refractivity contribution in [2.24, 2.45) is 0 Å². The van der Waals surface area contributed by atoms with Crippen LogP contribution < -0.4 is 5.46 Å². The van der Waals surface area contributed by atoms with E-state index in [4.69, 9.17) is 24.4 Å². The molecular formula is C14H23BO2S. The van der Waals surface area contributed by atoms with Crippen molar-refractivity contribution in [2.45, 2.75) is 64.9 Å². The lowest BCUT2D eigenvalue weighted by molar-refractivity contribution is 0.00578. The van der Waals surface area contributed by atoms with Gasteiger partial charge in [-0.3, -0.25) is 0 Å². The minimum Gasteiger partial charge on any atom is -0.399 e. The number of thiophene rings is 1. The average Bonchev–Trinajstić information content (AvgIpc) is 2.88. The van der Waals surface area contributed by atoms with Crippen LogP contribution in [0.25, 0.3) is 0 Å². The zero-order chi connectivity index (χ0) is 23.0. The summed E-state index contributed by atoms with van der Waals surface area (Å²) in [5, 5.41) is -0.342. The molecule has 1 aliphatic rings. The Labute approximate surface area is 130 Å². The Morgan fingerprint density at radius 1 is 1.50 bits per heavy atom. The van der Waals surface area contributed by atoms with Crippen LogP contribution in [-0.2, 0) is 9.31 Å². The molecule has 2 rings (SSSR count). The lowest BCUT2D eigenvalue weighted by atomic mass is 9.81. The molecule has 0 aromatic carbocycles. The number of hydrogen-bond acceptors (Lipinski definition) is 3. The maximum Gasteiger partial charge on any atom is 0.495 e. The maximum absolute atomic E-state index is 8.48. The van der Waals surface area contributed by atoms with E-state index in [0.717, 1.165) is 0 Å². The predicted octanol–water partition coefficient (Wildman–Crippen LogP) is 3.56. The molecule has 100 valence electrons. The van der Waals surface area contributed by atoms with Crippen LogP contribution in [0.15, 0.2) is 11.4 Å². The molecule has 1 unspecified atom stereocenters. The van der Waals surface area contributed by atoms with Gasteiger partial charge in [-0.05, 0) is 56.8 Å². The van der Waals surface area contributed by atoms with Crippen LogP contribution in [-0.4, -0.2) is 18.3 Å². The zero-order valence-electron chi connectivity index (χ0n) is 21.8. The molecule has 0 aliphatic carbocycles. The van der Waals surface area contributed by atoms with Crippen LogP contribution in [0, 0.1) is 0 Å². The summed E-state index contributed by atoms with van der Waals surface area (Å²) in [6.45, 7) is 0.115. The fraction of sp³-hybridized carbons (Fsp3) is 0.714. The van der Waals surface area contributed by atoms with E-state index in [9.17, 15) is 0 Å². The molecule has 0 N–H and O–H groups in total. The van der Waals surface area contributed by atoms with Gasteiger partial charge >= 0.3 is 7.12 Å². The highest BCUT2D eigenvalue weighted by molar-refractivity contribution is 7.11. The van der Waals surface area contributed by atoms with E-state index in [0.29, 0.717) is 11.3 Å². The fourth-order valence-corrected chi connectivity index (χ4v) is 2.19. The second kappa shape index (κ2) is 4.66. The van der Waals surface area contributed by atoms with Gasteiger partial charge in [0.2, 0.25) is 0 Å². The highest BCUT2D eigenvalue weighted by atomic mass is 32.1. The van der Waals surface area contributed by atoms with Crippen molar-refractivity contribution in [1.29, 1.82) is 0 Å². The Kier molecular flexibility index (Phi) is 1.45. The van der Waals surface area contributed by atoms with Crippen LogP contribution >= 0.6 is 11.3 Å². The molecule has 0 bridgehead atoms. The Balaban J connectivity index is 2.71. The van der Waals surface area contributed by atoms with E-state index in [1.807, 2.05) is 0 Å². The highest BCUT2D eigenvalue weighted by Crippen LogP contribution is 2.37. The monoisotopic (exact) mass is 277 g/mol. The van der Waals surface area contributed by atoms with Gasteiger partial charge in [-0.15, -0.1) is 11.3 Å². The molecule has 2 nitrogen and oxygen atoms in total. The van der Waals surface area contributed by atoms with Gasteiger partial charge in [0.25, 0.3) is 0 Å². The standard InChI is InChI=1S/C14H23BO2S/c1-7-10(2)12-8-11(9-18-12)15-16-13(3,4)14(5,6)17-15/h8-10H,7H2,1-6H3/i1D3,2D3,7D2,8D,9D,10D. The summed E-state index contributed by atoms with van der Waals surface area (Å²) in [5.41, 5.74) is -1.77. The van der Waals surface area contributed by atoms with Gasteiger partial charge in [0.1, 0.15) is 0 Å². The molecular weight excluding hydrogens is 243 g/mol. The highest BCUT2D eigenvalue weighted by Gasteiger charge is 2.51. The quantitative estimate of drug-likeness (QED) is 0.786. The lowest BCUT2D eigenvalue weighted by Crippen LogP contribution is -2.41. The van der Waals surface area contributed by atoms with Gasteiger partial charge in [-0.2, -0.15) is 0 Å². The first-order chi connectivity index (χ1) is 12.6. The van der Waals surface area contributed by atoms with Crippen LogP contribution in [0.1, 0.15) is 73.6 Å². The molecule has 0 radical (unpaired) electrons. The Hall–Kier alpha value is -0.315. The fourth-order valence-electron chi connectivity index (χ4n) is 1.52. The molecule has 4 heteroatoms. The van der Waals surface area contributed by atoms with Crippen molar-refractivity contribution in [3.8, 4) is 0 Å². The molecule has 1 fully saturated rings. The summed E-state index contributed by atoms with van der Waals surface area (Å²) >= 11 is 0.387. The van der Waals surface area contributed by atoms with Crippen molar-refractivity contribution in [2.75, 3.05) is 0 Å². The zero-order valence-corrected chi connectivity index (χ0v) is 11.6. The van der Waals surface area contributed by atoms with E-state index in [1.165, 1.54) is 0 Å². The molecule has 2 heterocycles. The van der Waals surface area contributed by atoms with E-state index < -0.39 is 55.2 Å². The van der Waals surface area contributed by atoms with Crippen LogP contribution in [0.5, 0.6) is 0 Å². The largest absolute Gasteiger partial charge is 0.495 e. The summed E-state index contributed by atoms with van der Waals surface area (Å²) in [7, 11) is -1.20. The van der Waals surface area contributed by atoms with E-state index in [-0.39, 0.29) is 10.8 Å². The molecule has 0 amide bonds. The van der Waals surface area contributed by atoms with Crippen molar-refractivity contribution >= 4 is 23.9 Å². The first kappa shape index (κ1) is 5.59. The third-order valence-corrected chi connectivity index (χ3v) is 4.18. The van der Waals surface area contributed by atoms with Crippen LogP contribution in [0.4, 0.5) is 0 Å². The van der Waals surface area contributed by atoms with E-state index in [1.54, 1.807) is 27.7 Å². The van der Waals surface area contributed by atoms with Crippen molar-refractivity contribution in [3.63, 3.8) is 0 Å². The first-order valence-electron chi connectivity index (χ1n) is 11.1. The van der Waals surface area contributed by atoms with Gasteiger partial charge in [-0.1, -0.05) is 13.7 Å². The van der Waals surface area contributed by atoms with Crippen molar-refractivity contribution < 1.29 is 24.4 Å². The third-order valence-electron chi connectivity index (χ3n) is 3.35. The van der Waals surface area contributed by atoms with E-state index in [2.05, 4.69) is 0 Å². The number of rotatable bonds is 3. The predicted molar refractivity (Wildman–Crippen MR) is 78.7 cm³/mol. The smallest absolute Gasteiger partial charge is 0.399 e. The maximum atomic E-state index is 8.48. The Morgan fingerprint density at radius 2 is 2.17 bits per heavy atom. The molecule has 1 aromatic rings. The summed E-state index contributed by atoms with van der Waals surface area (Å²) in [5.74, 6) is -3.30. The third kappa shape index (κ3) is 2.38. The summed E-state index contributed by atoms with van der Waals surface area (Å²) < 4.78 is 98.3. The summed E-state index contributed by atoms with van der Waals surface area (Å²) in [6, 6.07) is -0.627. The van der Waals surface area contributed by atoms with E-state index >= 15 is 0 Å². The Morgan fingerprint density at radius 3 is 2.72 bits per heavy atom. The van der Waals surface area contributed by atoms with Crippen molar-refractivity contribution in [3.05, 3.63) is 16.3 Å². The lowest BCUT2D eigenvalue weighted by Gasteiger charge is -2.32. The van der Waals surface area contributed by atoms with Crippen LogP contribution in [0.2, 0.25) is 0 Å². The second-order valence-electron chi connectivity index (χ2n) is 5.16. The minimum absolute atomic E-state index is 0.147. The average molecular weight is 277 g/mol. The van der Waals surface area contributed by atoms with Crippen LogP contribution in [0.3, 0.4) is 0 Å². The minimum atomic E-state index is -3.52. The number of hydrogen-bond donors (Lipinski definition) is 0. The van der Waals surface area contributed by atoms with Gasteiger partial charge in [0.05, 0.1) is 13.9 Å². The molecule has 18 heavy (non-hydrogen) atoms. The van der Waals surface area contributed by atoms with Gasteiger partial charge in [0, 0.05) is 17.2 Å².